The predicted molar refractivity (Wildman–Crippen MR) is 74.4 cm³/mol. The Labute approximate surface area is 116 Å². The molecule has 1 atom stereocenters. The highest BCUT2D eigenvalue weighted by molar-refractivity contribution is 7.91. The molecule has 0 spiro atoms. The second kappa shape index (κ2) is 4.86. The molecule has 20 heavy (non-hydrogen) atoms. The highest BCUT2D eigenvalue weighted by Crippen LogP contribution is 2.25. The number of nitrogen functional groups attached to an aromatic ring is 1. The van der Waals surface area contributed by atoms with Crippen LogP contribution in [0.15, 0.2) is 24.3 Å². The van der Waals surface area contributed by atoms with E-state index in [1.165, 1.54) is 0 Å². The summed E-state index contributed by atoms with van der Waals surface area (Å²) in [7, 11) is -2.89. The molecule has 1 aliphatic heterocycles. The minimum atomic E-state index is -2.89. The number of para-hydroxylation sites is 1. The number of nitrogens with two attached hydrogens (primary N) is 1. The second-order valence-corrected chi connectivity index (χ2v) is 7.27. The molecule has 0 radical (unpaired) electrons. The van der Waals surface area contributed by atoms with Crippen molar-refractivity contribution >= 4 is 15.5 Å². The molecule has 1 saturated heterocycles. The first-order valence-electron chi connectivity index (χ1n) is 6.36. The average molecular weight is 293 g/mol. The van der Waals surface area contributed by atoms with Crippen molar-refractivity contribution in [3.8, 4) is 11.4 Å². The summed E-state index contributed by atoms with van der Waals surface area (Å²) < 4.78 is 24.6. The lowest BCUT2D eigenvalue weighted by Crippen LogP contribution is -2.15. The lowest BCUT2D eigenvalue weighted by atomic mass is 10.1. The van der Waals surface area contributed by atoms with Gasteiger partial charge < -0.3 is 5.73 Å². The van der Waals surface area contributed by atoms with E-state index in [0.29, 0.717) is 24.5 Å². The Morgan fingerprint density at radius 2 is 2.15 bits per heavy atom. The lowest BCUT2D eigenvalue weighted by molar-refractivity contribution is 0.452. The van der Waals surface area contributed by atoms with E-state index < -0.39 is 9.84 Å². The van der Waals surface area contributed by atoms with Gasteiger partial charge in [-0.1, -0.05) is 12.1 Å². The fourth-order valence-electron chi connectivity index (χ4n) is 2.48. The first-order valence-corrected chi connectivity index (χ1v) is 8.19. The van der Waals surface area contributed by atoms with Crippen molar-refractivity contribution in [2.75, 3.05) is 17.2 Å². The average Bonchev–Trinajstić information content (AvgIpc) is 2.97. The number of hydrogen-bond donors (Lipinski definition) is 1. The van der Waals surface area contributed by atoms with Gasteiger partial charge in [-0.25, -0.2) is 13.1 Å². The highest BCUT2D eigenvalue weighted by atomic mass is 32.2. The van der Waals surface area contributed by atoms with E-state index in [2.05, 4.69) is 15.5 Å². The first-order chi connectivity index (χ1) is 9.55. The van der Waals surface area contributed by atoms with Crippen LogP contribution in [0.2, 0.25) is 0 Å². The van der Waals surface area contributed by atoms with E-state index in [9.17, 15) is 8.42 Å². The van der Waals surface area contributed by atoms with Crippen LogP contribution in [0.1, 0.15) is 6.42 Å². The molecule has 1 aliphatic rings. The molecule has 1 fully saturated rings. The van der Waals surface area contributed by atoms with E-state index in [1.54, 1.807) is 10.7 Å². The van der Waals surface area contributed by atoms with Crippen LogP contribution in [0.25, 0.3) is 11.4 Å². The van der Waals surface area contributed by atoms with Crippen molar-refractivity contribution in [3.05, 3.63) is 24.3 Å². The van der Waals surface area contributed by atoms with Crippen LogP contribution in [0.5, 0.6) is 0 Å². The Bertz CT molecular complexity index is 725. The van der Waals surface area contributed by atoms with Gasteiger partial charge in [0.1, 0.15) is 0 Å². The van der Waals surface area contributed by atoms with Gasteiger partial charge in [0, 0.05) is 17.8 Å². The van der Waals surface area contributed by atoms with Gasteiger partial charge in [0.05, 0.1) is 11.5 Å². The topological polar surface area (TPSA) is 104 Å². The standard InChI is InChI=1S/C12H15N5O2S/c13-11-4-2-1-3-10(11)12-14-15-16-17(12)7-9-5-6-20(18,19)8-9/h1-4,9H,5-8,13H2. The minimum absolute atomic E-state index is 0.0622. The number of anilines is 1. The summed E-state index contributed by atoms with van der Waals surface area (Å²) in [5.74, 6) is 1.10. The van der Waals surface area contributed by atoms with Gasteiger partial charge >= 0.3 is 0 Å². The van der Waals surface area contributed by atoms with Crippen molar-refractivity contribution < 1.29 is 8.42 Å². The van der Waals surface area contributed by atoms with Crippen molar-refractivity contribution in [2.24, 2.45) is 5.92 Å². The molecule has 2 heterocycles. The molecule has 0 saturated carbocycles. The summed E-state index contributed by atoms with van der Waals surface area (Å²) in [6.45, 7) is 0.496. The highest BCUT2D eigenvalue weighted by Gasteiger charge is 2.29. The minimum Gasteiger partial charge on any atom is -0.398 e. The van der Waals surface area contributed by atoms with Crippen LogP contribution >= 0.6 is 0 Å². The summed E-state index contributed by atoms with van der Waals surface area (Å²) >= 11 is 0. The van der Waals surface area contributed by atoms with Gasteiger partial charge in [-0.2, -0.15) is 0 Å². The van der Waals surface area contributed by atoms with E-state index in [4.69, 9.17) is 5.73 Å². The molecular weight excluding hydrogens is 278 g/mol. The normalized spacial score (nSPS) is 21.1. The molecule has 3 rings (SSSR count). The molecule has 7 nitrogen and oxygen atoms in total. The molecule has 2 N–H and O–H groups in total. The summed E-state index contributed by atoms with van der Waals surface area (Å²) in [4.78, 5) is 0. The third-order valence-electron chi connectivity index (χ3n) is 3.49. The molecule has 2 aromatic rings. The number of nitrogens with zero attached hydrogens (tertiary/aromatic N) is 4. The number of tetrazole rings is 1. The van der Waals surface area contributed by atoms with Crippen LogP contribution in [0.4, 0.5) is 5.69 Å². The largest absolute Gasteiger partial charge is 0.398 e. The van der Waals surface area contributed by atoms with Gasteiger partial charge in [-0.15, -0.1) is 5.10 Å². The van der Waals surface area contributed by atoms with Crippen LogP contribution < -0.4 is 5.73 Å². The maximum Gasteiger partial charge on any atom is 0.184 e. The summed E-state index contributed by atoms with van der Waals surface area (Å²) in [6, 6.07) is 7.35. The molecule has 8 heteroatoms. The number of rotatable bonds is 3. The van der Waals surface area contributed by atoms with E-state index >= 15 is 0 Å². The van der Waals surface area contributed by atoms with Crippen LogP contribution in [-0.2, 0) is 16.4 Å². The molecule has 1 aromatic heterocycles. The monoisotopic (exact) mass is 293 g/mol. The van der Waals surface area contributed by atoms with Gasteiger partial charge in [-0.05, 0) is 34.9 Å². The molecule has 0 aliphatic carbocycles. The molecule has 106 valence electrons. The Hall–Kier alpha value is -1.96. The second-order valence-electron chi connectivity index (χ2n) is 5.04. The van der Waals surface area contributed by atoms with Crippen LogP contribution in [-0.4, -0.2) is 40.1 Å². The summed E-state index contributed by atoms with van der Waals surface area (Å²) in [6.07, 6.45) is 0.659. The van der Waals surface area contributed by atoms with Crippen molar-refractivity contribution in [2.45, 2.75) is 13.0 Å². The Kier molecular flexibility index (Phi) is 3.17. The summed E-state index contributed by atoms with van der Waals surface area (Å²) in [5, 5.41) is 11.6. The van der Waals surface area contributed by atoms with Crippen molar-refractivity contribution in [3.63, 3.8) is 0 Å². The molecule has 1 unspecified atom stereocenters. The van der Waals surface area contributed by atoms with Crippen molar-refractivity contribution in [1.82, 2.24) is 20.2 Å². The number of hydrogen-bond acceptors (Lipinski definition) is 6. The van der Waals surface area contributed by atoms with Gasteiger partial charge in [0.15, 0.2) is 15.7 Å². The van der Waals surface area contributed by atoms with E-state index in [-0.39, 0.29) is 17.4 Å². The maximum absolute atomic E-state index is 11.5. The third kappa shape index (κ3) is 2.51. The molecular formula is C12H15N5O2S. The fraction of sp³-hybridized carbons (Fsp3) is 0.417. The SMILES string of the molecule is Nc1ccccc1-c1nnnn1CC1CCS(=O)(=O)C1. The van der Waals surface area contributed by atoms with Crippen LogP contribution in [0.3, 0.4) is 0 Å². The van der Waals surface area contributed by atoms with Crippen molar-refractivity contribution in [1.29, 1.82) is 0 Å². The molecule has 0 amide bonds. The van der Waals surface area contributed by atoms with Crippen LogP contribution in [0, 0.1) is 5.92 Å². The fourth-order valence-corrected chi connectivity index (χ4v) is 4.33. The Balaban J connectivity index is 1.87. The Morgan fingerprint density at radius 3 is 2.85 bits per heavy atom. The predicted octanol–water partition coefficient (Wildman–Crippen LogP) is 0.357. The van der Waals surface area contributed by atoms with E-state index in [0.717, 1.165) is 5.56 Å². The Morgan fingerprint density at radius 1 is 1.35 bits per heavy atom. The molecule has 0 bridgehead atoms. The zero-order chi connectivity index (χ0) is 14.2. The van der Waals surface area contributed by atoms with Gasteiger partial charge in [0.25, 0.3) is 0 Å². The van der Waals surface area contributed by atoms with Gasteiger partial charge in [0.2, 0.25) is 0 Å². The van der Waals surface area contributed by atoms with Gasteiger partial charge in [-0.3, -0.25) is 0 Å². The smallest absolute Gasteiger partial charge is 0.184 e. The zero-order valence-electron chi connectivity index (χ0n) is 10.8. The number of benzene rings is 1. The molecule has 1 aromatic carbocycles. The maximum atomic E-state index is 11.5. The summed E-state index contributed by atoms with van der Waals surface area (Å²) in [5.41, 5.74) is 7.29. The number of aromatic nitrogens is 4. The zero-order valence-corrected chi connectivity index (χ0v) is 11.6. The van der Waals surface area contributed by atoms with E-state index in [1.807, 2.05) is 18.2 Å². The first kappa shape index (κ1) is 13.0. The third-order valence-corrected chi connectivity index (χ3v) is 5.33. The number of sulfone groups is 1. The lowest BCUT2D eigenvalue weighted by Gasteiger charge is -2.10. The quantitative estimate of drug-likeness (QED) is 0.819.